The van der Waals surface area contributed by atoms with Gasteiger partial charge in [0.15, 0.2) is 0 Å². The Morgan fingerprint density at radius 3 is 2.73 bits per heavy atom. The maximum atomic E-state index is 10.6. The molecule has 1 aliphatic rings. The van der Waals surface area contributed by atoms with Crippen LogP contribution in [0.15, 0.2) is 0 Å². The zero-order valence-electron chi connectivity index (χ0n) is 8.43. The zero-order valence-corrected chi connectivity index (χ0v) is 10.1. The lowest BCUT2D eigenvalue weighted by Crippen LogP contribution is -2.47. The molecule has 0 radical (unpaired) electrons. The standard InChI is InChI=1S/C8H14N2O3S2/c1-6(7(11)12)15-8(14)9-10-2-4-13-5-3-10/h6H,2-5H2,1H3,(H,9,14)(H,11,12). The Bertz CT molecular complexity index is 244. The van der Waals surface area contributed by atoms with Gasteiger partial charge in [0, 0.05) is 13.1 Å². The Morgan fingerprint density at radius 1 is 1.60 bits per heavy atom. The fourth-order valence-electron chi connectivity index (χ4n) is 1.04. The zero-order chi connectivity index (χ0) is 11.3. The SMILES string of the molecule is CC(SC(=S)NN1CCOCC1)C(=O)O. The van der Waals surface area contributed by atoms with Gasteiger partial charge in [0.25, 0.3) is 0 Å². The van der Waals surface area contributed by atoms with Crippen LogP contribution in [0.1, 0.15) is 6.92 Å². The molecule has 0 aromatic heterocycles. The number of carbonyl (C=O) groups is 1. The van der Waals surface area contributed by atoms with Gasteiger partial charge in [0.1, 0.15) is 9.57 Å². The van der Waals surface area contributed by atoms with E-state index < -0.39 is 11.2 Å². The van der Waals surface area contributed by atoms with Crippen LogP contribution in [0.4, 0.5) is 0 Å². The number of thioether (sulfide) groups is 1. The first-order chi connectivity index (χ1) is 7.09. The third-order valence-electron chi connectivity index (χ3n) is 1.89. The average molecular weight is 250 g/mol. The van der Waals surface area contributed by atoms with Crippen LogP contribution in [0.2, 0.25) is 0 Å². The van der Waals surface area contributed by atoms with Gasteiger partial charge in [-0.1, -0.05) is 24.0 Å². The number of carboxylic acids is 1. The van der Waals surface area contributed by atoms with Crippen molar-refractivity contribution < 1.29 is 14.6 Å². The Balaban J connectivity index is 2.25. The van der Waals surface area contributed by atoms with Crippen molar-refractivity contribution in [3.05, 3.63) is 0 Å². The molecule has 0 aromatic carbocycles. The maximum Gasteiger partial charge on any atom is 0.316 e. The molecule has 0 aromatic rings. The normalized spacial score (nSPS) is 19.5. The molecule has 2 N–H and O–H groups in total. The summed E-state index contributed by atoms with van der Waals surface area (Å²) >= 11 is 6.18. The first kappa shape index (κ1) is 12.7. The summed E-state index contributed by atoms with van der Waals surface area (Å²) in [6, 6.07) is 0. The summed E-state index contributed by atoms with van der Waals surface area (Å²) in [5.41, 5.74) is 2.99. The Morgan fingerprint density at radius 2 is 2.20 bits per heavy atom. The van der Waals surface area contributed by atoms with E-state index in [4.69, 9.17) is 22.1 Å². The molecule has 0 bridgehead atoms. The van der Waals surface area contributed by atoms with Crippen LogP contribution >= 0.6 is 24.0 Å². The topological polar surface area (TPSA) is 61.8 Å². The molecule has 0 aliphatic carbocycles. The van der Waals surface area contributed by atoms with Crippen molar-refractivity contribution in [2.45, 2.75) is 12.2 Å². The Hall–Kier alpha value is -0.370. The average Bonchev–Trinajstić information content (AvgIpc) is 2.18. The summed E-state index contributed by atoms with van der Waals surface area (Å²) in [4.78, 5) is 10.6. The molecule has 7 heteroatoms. The van der Waals surface area contributed by atoms with Gasteiger partial charge in [-0.05, 0) is 6.92 Å². The minimum atomic E-state index is -0.855. The van der Waals surface area contributed by atoms with Gasteiger partial charge in [-0.15, -0.1) is 0 Å². The lowest BCUT2D eigenvalue weighted by Gasteiger charge is -2.28. The van der Waals surface area contributed by atoms with Crippen molar-refractivity contribution in [1.82, 2.24) is 10.4 Å². The molecular formula is C8H14N2O3S2. The highest BCUT2D eigenvalue weighted by Gasteiger charge is 2.16. The van der Waals surface area contributed by atoms with E-state index in [9.17, 15) is 4.79 Å². The molecule has 1 aliphatic heterocycles. The van der Waals surface area contributed by atoms with E-state index in [0.717, 1.165) is 24.9 Å². The van der Waals surface area contributed by atoms with Gasteiger partial charge in [-0.3, -0.25) is 4.79 Å². The third kappa shape index (κ3) is 4.78. The molecule has 5 nitrogen and oxygen atoms in total. The summed E-state index contributed by atoms with van der Waals surface area (Å²) in [5.74, 6) is -0.855. The molecule has 0 spiro atoms. The number of ether oxygens (including phenoxy) is 1. The molecule has 0 amide bonds. The fourth-order valence-corrected chi connectivity index (χ4v) is 2.21. The summed E-state index contributed by atoms with van der Waals surface area (Å²) in [7, 11) is 0. The summed E-state index contributed by atoms with van der Waals surface area (Å²) in [5, 5.41) is 10.1. The monoisotopic (exact) mass is 250 g/mol. The summed E-state index contributed by atoms with van der Waals surface area (Å²) in [6.45, 7) is 4.49. The molecule has 1 saturated heterocycles. The van der Waals surface area contributed by atoms with Crippen LogP contribution in [0, 0.1) is 0 Å². The highest BCUT2D eigenvalue weighted by molar-refractivity contribution is 8.23. The predicted molar refractivity (Wildman–Crippen MR) is 62.8 cm³/mol. The highest BCUT2D eigenvalue weighted by atomic mass is 32.2. The quantitative estimate of drug-likeness (QED) is 0.699. The molecule has 1 fully saturated rings. The second-order valence-electron chi connectivity index (χ2n) is 3.10. The Labute approximate surface area is 98.1 Å². The number of rotatable bonds is 3. The van der Waals surface area contributed by atoms with Crippen molar-refractivity contribution >= 4 is 34.3 Å². The lowest BCUT2D eigenvalue weighted by atomic mass is 10.5. The van der Waals surface area contributed by atoms with Gasteiger partial charge in [-0.25, -0.2) is 5.01 Å². The number of carboxylic acid groups (broad SMARTS) is 1. The van der Waals surface area contributed by atoms with Crippen molar-refractivity contribution in [3.8, 4) is 0 Å². The van der Waals surface area contributed by atoms with Crippen LogP contribution in [-0.4, -0.2) is 52.0 Å². The van der Waals surface area contributed by atoms with E-state index >= 15 is 0 Å². The van der Waals surface area contributed by atoms with Gasteiger partial charge < -0.3 is 15.3 Å². The molecule has 1 heterocycles. The number of aliphatic carboxylic acids is 1. The molecule has 15 heavy (non-hydrogen) atoms. The Kier molecular flexibility index (Phi) is 5.30. The minimum absolute atomic E-state index is 0.492. The molecule has 1 atom stereocenters. The highest BCUT2D eigenvalue weighted by Crippen LogP contribution is 2.12. The first-order valence-electron chi connectivity index (χ1n) is 4.62. The molecular weight excluding hydrogens is 236 g/mol. The fraction of sp³-hybridized carbons (Fsp3) is 0.750. The van der Waals surface area contributed by atoms with Gasteiger partial charge in [0.2, 0.25) is 0 Å². The maximum absolute atomic E-state index is 10.6. The van der Waals surface area contributed by atoms with Gasteiger partial charge in [-0.2, -0.15) is 0 Å². The van der Waals surface area contributed by atoms with E-state index in [0.29, 0.717) is 17.5 Å². The lowest BCUT2D eigenvalue weighted by molar-refractivity contribution is -0.136. The number of morpholine rings is 1. The molecule has 0 saturated carbocycles. The van der Waals surface area contributed by atoms with Crippen LogP contribution < -0.4 is 5.43 Å². The summed E-state index contributed by atoms with van der Waals surface area (Å²) < 4.78 is 5.67. The number of hydrogen-bond donors (Lipinski definition) is 2. The van der Waals surface area contributed by atoms with Crippen molar-refractivity contribution in [2.75, 3.05) is 26.3 Å². The van der Waals surface area contributed by atoms with E-state index in [2.05, 4.69) is 5.43 Å². The third-order valence-corrected chi connectivity index (χ3v) is 3.13. The number of hydrogen-bond acceptors (Lipinski definition) is 5. The van der Waals surface area contributed by atoms with E-state index in [-0.39, 0.29) is 0 Å². The van der Waals surface area contributed by atoms with Crippen LogP contribution in [0.3, 0.4) is 0 Å². The van der Waals surface area contributed by atoms with Crippen molar-refractivity contribution in [2.24, 2.45) is 0 Å². The number of nitrogens with zero attached hydrogens (tertiary/aromatic N) is 1. The molecule has 1 rings (SSSR count). The van der Waals surface area contributed by atoms with Gasteiger partial charge in [0.05, 0.1) is 13.2 Å². The van der Waals surface area contributed by atoms with Crippen LogP contribution in [-0.2, 0) is 9.53 Å². The number of hydrazine groups is 1. The van der Waals surface area contributed by atoms with Crippen molar-refractivity contribution in [1.29, 1.82) is 0 Å². The largest absolute Gasteiger partial charge is 0.480 e. The van der Waals surface area contributed by atoms with E-state index in [1.807, 2.05) is 5.01 Å². The van der Waals surface area contributed by atoms with Crippen molar-refractivity contribution in [3.63, 3.8) is 0 Å². The van der Waals surface area contributed by atoms with E-state index in [1.54, 1.807) is 6.92 Å². The van der Waals surface area contributed by atoms with E-state index in [1.165, 1.54) is 0 Å². The molecule has 86 valence electrons. The predicted octanol–water partition coefficient (Wildman–Crippen LogP) is 0.314. The number of thiocarbonyl (C=S) groups is 1. The minimum Gasteiger partial charge on any atom is -0.480 e. The first-order valence-corrected chi connectivity index (χ1v) is 5.91. The second kappa shape index (κ2) is 6.26. The second-order valence-corrected chi connectivity index (χ2v) is 5.11. The van der Waals surface area contributed by atoms with Gasteiger partial charge >= 0.3 is 5.97 Å². The smallest absolute Gasteiger partial charge is 0.316 e. The van der Waals surface area contributed by atoms with Crippen LogP contribution in [0.5, 0.6) is 0 Å². The molecule has 1 unspecified atom stereocenters. The summed E-state index contributed by atoms with van der Waals surface area (Å²) in [6.07, 6.45) is 0. The van der Waals surface area contributed by atoms with Crippen LogP contribution in [0.25, 0.3) is 0 Å². The number of nitrogens with one attached hydrogen (secondary N) is 1.